The summed E-state index contributed by atoms with van der Waals surface area (Å²) in [6, 6.07) is 4.92. The highest BCUT2D eigenvalue weighted by molar-refractivity contribution is 6.31. The molecule has 1 heterocycles. The zero-order valence-electron chi connectivity index (χ0n) is 19.2. The van der Waals surface area contributed by atoms with Crippen LogP contribution in [0, 0.1) is 17.8 Å². The van der Waals surface area contributed by atoms with Crippen LogP contribution in [0.5, 0.6) is 0 Å². The van der Waals surface area contributed by atoms with Crippen molar-refractivity contribution in [1.82, 2.24) is 0 Å². The van der Waals surface area contributed by atoms with Gasteiger partial charge in [0.25, 0.3) is 0 Å². The average molecular weight is 474 g/mol. The van der Waals surface area contributed by atoms with Gasteiger partial charge in [-0.1, -0.05) is 17.2 Å². The molecule has 1 aliphatic heterocycles. The smallest absolute Gasteiger partial charge is 0.421 e. The summed E-state index contributed by atoms with van der Waals surface area (Å²) in [5.74, 6) is -2.50. The highest BCUT2D eigenvalue weighted by Crippen LogP contribution is 2.64. The molecule has 0 aromatic heterocycles. The second-order valence-corrected chi connectivity index (χ2v) is 10.3. The lowest BCUT2D eigenvalue weighted by molar-refractivity contribution is -0.162. The summed E-state index contributed by atoms with van der Waals surface area (Å²) < 4.78 is 11.0. The second-order valence-electron chi connectivity index (χ2n) is 9.84. The van der Waals surface area contributed by atoms with Gasteiger partial charge in [0, 0.05) is 5.02 Å². The quantitative estimate of drug-likeness (QED) is 0.362. The number of nitrogens with zero attached hydrogens (tertiary/aromatic N) is 1. The highest BCUT2D eigenvalue weighted by atomic mass is 35.5. The molecule has 33 heavy (non-hydrogen) atoms. The third-order valence-corrected chi connectivity index (χ3v) is 7.16. The summed E-state index contributed by atoms with van der Waals surface area (Å²) in [4.78, 5) is 53.2. The van der Waals surface area contributed by atoms with Gasteiger partial charge >= 0.3 is 12.1 Å². The molecule has 7 nitrogen and oxygen atoms in total. The number of carbonyl (C=O) groups excluding carboxylic acids is 4. The van der Waals surface area contributed by atoms with E-state index in [4.69, 9.17) is 21.1 Å². The topological polar surface area (TPSA) is 90.0 Å². The molecule has 1 aromatic carbocycles. The number of amides is 2. The Morgan fingerprint density at radius 3 is 2.64 bits per heavy atom. The normalized spacial score (nSPS) is 29.4. The van der Waals surface area contributed by atoms with Crippen LogP contribution < -0.4 is 4.90 Å². The van der Waals surface area contributed by atoms with E-state index in [0.717, 1.165) is 16.8 Å². The molecule has 176 valence electrons. The monoisotopic (exact) mass is 473 g/mol. The molecule has 4 atom stereocenters. The molecule has 5 rings (SSSR count). The van der Waals surface area contributed by atoms with E-state index < -0.39 is 34.9 Å². The SMILES string of the molecule is CCOC(=O)[C@H]1[C@@H]2CC[C@@H](C/C2=C\C=O)[C@]12C(=O)N(C(=O)OC(C)(C)C)c1ccc(Cl)cc12. The summed E-state index contributed by atoms with van der Waals surface area (Å²) in [5.41, 5.74) is -0.361. The van der Waals surface area contributed by atoms with Gasteiger partial charge in [0.05, 0.1) is 23.6 Å². The molecule has 4 aliphatic rings. The highest BCUT2D eigenvalue weighted by Gasteiger charge is 2.69. The Balaban J connectivity index is 1.94. The van der Waals surface area contributed by atoms with Crippen molar-refractivity contribution in [3.05, 3.63) is 40.4 Å². The zero-order chi connectivity index (χ0) is 24.1. The maximum Gasteiger partial charge on any atom is 0.421 e. The minimum atomic E-state index is -1.31. The molecule has 1 spiro atoms. The van der Waals surface area contributed by atoms with Crippen LogP contribution >= 0.6 is 11.6 Å². The van der Waals surface area contributed by atoms with Crippen LogP contribution in [-0.4, -0.2) is 36.5 Å². The number of imide groups is 1. The van der Waals surface area contributed by atoms with E-state index >= 15 is 0 Å². The first kappa shape index (κ1) is 23.5. The predicted octanol–water partition coefficient (Wildman–Crippen LogP) is 4.59. The molecule has 3 fully saturated rings. The number of anilines is 1. The number of benzene rings is 1. The van der Waals surface area contributed by atoms with Gasteiger partial charge in [-0.2, -0.15) is 0 Å². The lowest BCUT2D eigenvalue weighted by atomic mass is 9.47. The molecule has 3 saturated carbocycles. The third kappa shape index (κ3) is 3.57. The molecule has 8 heteroatoms. The van der Waals surface area contributed by atoms with Crippen LogP contribution in [0.15, 0.2) is 29.8 Å². The van der Waals surface area contributed by atoms with Gasteiger partial charge in [0.1, 0.15) is 11.9 Å². The second kappa shape index (κ2) is 8.28. The number of hydrogen-bond donors (Lipinski definition) is 0. The molecule has 0 saturated heterocycles. The fourth-order valence-electron chi connectivity index (χ4n) is 5.93. The van der Waals surface area contributed by atoms with Gasteiger partial charge in [0.2, 0.25) is 5.91 Å². The van der Waals surface area contributed by atoms with Crippen molar-refractivity contribution in [1.29, 1.82) is 0 Å². The van der Waals surface area contributed by atoms with Gasteiger partial charge in [-0.3, -0.25) is 14.4 Å². The van der Waals surface area contributed by atoms with Crippen molar-refractivity contribution in [2.75, 3.05) is 11.5 Å². The van der Waals surface area contributed by atoms with Gasteiger partial charge in [-0.05, 0) is 88.6 Å². The third-order valence-electron chi connectivity index (χ3n) is 6.92. The first-order chi connectivity index (χ1) is 15.6. The number of halogens is 1. The van der Waals surface area contributed by atoms with E-state index in [2.05, 4.69) is 0 Å². The van der Waals surface area contributed by atoms with Gasteiger partial charge in [0.15, 0.2) is 0 Å². The Morgan fingerprint density at radius 2 is 2.00 bits per heavy atom. The Kier molecular flexibility index (Phi) is 5.89. The van der Waals surface area contributed by atoms with E-state index in [1.165, 1.54) is 6.08 Å². The Bertz CT molecular complexity index is 1060. The van der Waals surface area contributed by atoms with Crippen molar-refractivity contribution in [3.8, 4) is 0 Å². The number of esters is 1. The number of rotatable bonds is 3. The number of allylic oxidation sites excluding steroid dienone is 2. The summed E-state index contributed by atoms with van der Waals surface area (Å²) in [5, 5.41) is 0.402. The molecule has 0 N–H and O–H groups in total. The maximum absolute atomic E-state index is 14.2. The lowest BCUT2D eigenvalue weighted by Crippen LogP contribution is -2.62. The number of aldehydes is 1. The van der Waals surface area contributed by atoms with E-state index in [1.807, 2.05) is 0 Å². The Hall–Kier alpha value is -2.67. The fourth-order valence-corrected chi connectivity index (χ4v) is 6.11. The molecule has 2 amide bonds. The van der Waals surface area contributed by atoms with E-state index in [9.17, 15) is 19.2 Å². The first-order valence-electron chi connectivity index (χ1n) is 11.2. The summed E-state index contributed by atoms with van der Waals surface area (Å²) >= 11 is 6.36. The van der Waals surface area contributed by atoms with Crippen LogP contribution in [0.1, 0.15) is 52.5 Å². The van der Waals surface area contributed by atoms with Crippen LogP contribution in [-0.2, 0) is 29.3 Å². The molecule has 1 aromatic rings. The van der Waals surface area contributed by atoms with Crippen molar-refractivity contribution >= 4 is 41.5 Å². The predicted molar refractivity (Wildman–Crippen MR) is 122 cm³/mol. The van der Waals surface area contributed by atoms with Gasteiger partial charge in [-0.15, -0.1) is 0 Å². The van der Waals surface area contributed by atoms with Crippen LogP contribution in [0.2, 0.25) is 5.02 Å². The van der Waals surface area contributed by atoms with Crippen LogP contribution in [0.25, 0.3) is 0 Å². The lowest BCUT2D eigenvalue weighted by Gasteiger charge is -2.54. The molecule has 2 bridgehead atoms. The average Bonchev–Trinajstić information content (AvgIpc) is 2.97. The maximum atomic E-state index is 14.2. The van der Waals surface area contributed by atoms with Crippen molar-refractivity contribution in [2.45, 2.75) is 58.0 Å². The minimum absolute atomic E-state index is 0.155. The van der Waals surface area contributed by atoms with Crippen molar-refractivity contribution in [2.24, 2.45) is 17.8 Å². The molecule has 0 unspecified atom stereocenters. The van der Waals surface area contributed by atoms with Crippen molar-refractivity contribution < 1.29 is 28.7 Å². The standard InChI is InChI=1S/C25H28ClNO6/c1-5-32-21(29)20-17-8-6-15(12-14(17)10-11-28)25(20)18-13-16(26)7-9-19(18)27(22(25)30)23(31)33-24(2,3)4/h7,9-11,13,15,17,20H,5-6,8,12H2,1-4H3/b14-10+/t15-,17+,20+,25+/m0/s1. The van der Waals surface area contributed by atoms with E-state index in [1.54, 1.807) is 45.9 Å². The first-order valence-corrected chi connectivity index (χ1v) is 11.6. The van der Waals surface area contributed by atoms with Gasteiger partial charge in [-0.25, -0.2) is 9.69 Å². The fraction of sp³-hybridized carbons (Fsp3) is 0.520. The Labute approximate surface area is 198 Å². The summed E-state index contributed by atoms with van der Waals surface area (Å²) in [6.45, 7) is 7.05. The largest absolute Gasteiger partial charge is 0.466 e. The Morgan fingerprint density at radius 1 is 1.27 bits per heavy atom. The van der Waals surface area contributed by atoms with E-state index in [-0.39, 0.29) is 18.4 Å². The molecular formula is C25H28ClNO6. The van der Waals surface area contributed by atoms with Gasteiger partial charge < -0.3 is 9.47 Å². The van der Waals surface area contributed by atoms with Crippen molar-refractivity contribution in [3.63, 3.8) is 0 Å². The minimum Gasteiger partial charge on any atom is -0.466 e. The number of ether oxygens (including phenoxy) is 2. The van der Waals surface area contributed by atoms with Crippen LogP contribution in [0.4, 0.5) is 10.5 Å². The molecular weight excluding hydrogens is 446 g/mol. The van der Waals surface area contributed by atoms with Crippen LogP contribution in [0.3, 0.4) is 0 Å². The summed E-state index contributed by atoms with van der Waals surface area (Å²) in [6.07, 6.45) is 3.25. The summed E-state index contributed by atoms with van der Waals surface area (Å²) in [7, 11) is 0. The molecule has 0 radical (unpaired) electrons. The number of fused-ring (bicyclic) bond motifs is 3. The number of hydrogen-bond acceptors (Lipinski definition) is 6. The molecule has 3 aliphatic carbocycles. The number of carbonyl (C=O) groups is 4. The zero-order valence-corrected chi connectivity index (χ0v) is 20.0. The van der Waals surface area contributed by atoms with E-state index in [0.29, 0.717) is 35.5 Å².